The van der Waals surface area contributed by atoms with Gasteiger partial charge in [0, 0.05) is 16.6 Å². The lowest BCUT2D eigenvalue weighted by Crippen LogP contribution is -1.92. The first-order valence-electron chi connectivity index (χ1n) is 4.51. The van der Waals surface area contributed by atoms with E-state index in [4.69, 9.17) is 0 Å². The van der Waals surface area contributed by atoms with Gasteiger partial charge in [0.2, 0.25) is 0 Å². The van der Waals surface area contributed by atoms with Crippen molar-refractivity contribution in [3.8, 4) is 0 Å². The van der Waals surface area contributed by atoms with E-state index in [9.17, 15) is 4.79 Å². The Morgan fingerprint density at radius 1 is 1.62 bits per heavy atom. The largest absolute Gasteiger partial charge is 0.303 e. The molecule has 68 valence electrons. The number of thioether (sulfide) groups is 1. The van der Waals surface area contributed by atoms with Crippen molar-refractivity contribution in [3.63, 3.8) is 0 Å². The average molecular weight is 192 g/mol. The van der Waals surface area contributed by atoms with Crippen LogP contribution < -0.4 is 0 Å². The first-order chi connectivity index (χ1) is 6.29. The number of fused-ring (bicyclic) bond motifs is 1. The Kier molecular flexibility index (Phi) is 2.40. The Hall–Kier alpha value is -0.760. The molecule has 0 bridgehead atoms. The molecule has 2 rings (SSSR count). The van der Waals surface area contributed by atoms with Crippen LogP contribution >= 0.6 is 11.8 Å². The molecule has 1 unspecified atom stereocenters. The second-order valence-electron chi connectivity index (χ2n) is 3.45. The molecule has 0 fully saturated rings. The van der Waals surface area contributed by atoms with Gasteiger partial charge in [0.1, 0.15) is 6.29 Å². The SMILES string of the molecule is CC1Cc2cc(CC=O)ccc2S1. The molecule has 1 aromatic rings. The fourth-order valence-corrected chi connectivity index (χ4v) is 2.84. The van der Waals surface area contributed by atoms with E-state index in [0.717, 1.165) is 18.3 Å². The van der Waals surface area contributed by atoms with Crippen LogP contribution in [0.4, 0.5) is 0 Å². The van der Waals surface area contributed by atoms with E-state index in [2.05, 4.69) is 25.1 Å². The van der Waals surface area contributed by atoms with Crippen LogP contribution in [0, 0.1) is 0 Å². The minimum Gasteiger partial charge on any atom is -0.303 e. The molecule has 1 aliphatic rings. The topological polar surface area (TPSA) is 17.1 Å². The third-order valence-corrected chi connectivity index (χ3v) is 3.50. The van der Waals surface area contributed by atoms with Crippen LogP contribution in [0.15, 0.2) is 23.1 Å². The summed E-state index contributed by atoms with van der Waals surface area (Å²) in [6, 6.07) is 6.36. The van der Waals surface area contributed by atoms with Crippen LogP contribution in [-0.2, 0) is 17.6 Å². The molecule has 1 aromatic carbocycles. The molecule has 0 aromatic heterocycles. The molecule has 1 heterocycles. The monoisotopic (exact) mass is 192 g/mol. The van der Waals surface area contributed by atoms with Crippen molar-refractivity contribution < 1.29 is 4.79 Å². The molecule has 0 aliphatic carbocycles. The van der Waals surface area contributed by atoms with Gasteiger partial charge in [0.05, 0.1) is 0 Å². The summed E-state index contributed by atoms with van der Waals surface area (Å²) in [7, 11) is 0. The summed E-state index contributed by atoms with van der Waals surface area (Å²) in [6.07, 6.45) is 2.66. The minimum atomic E-state index is 0.548. The lowest BCUT2D eigenvalue weighted by Gasteiger charge is -1.99. The van der Waals surface area contributed by atoms with Crippen molar-refractivity contribution in [1.29, 1.82) is 0 Å². The van der Waals surface area contributed by atoms with Gasteiger partial charge in [0.15, 0.2) is 0 Å². The highest BCUT2D eigenvalue weighted by molar-refractivity contribution is 8.00. The van der Waals surface area contributed by atoms with Gasteiger partial charge in [-0.3, -0.25) is 0 Å². The second kappa shape index (κ2) is 3.54. The maximum absolute atomic E-state index is 10.3. The summed E-state index contributed by atoms with van der Waals surface area (Å²) in [5.41, 5.74) is 2.56. The van der Waals surface area contributed by atoms with Crippen molar-refractivity contribution >= 4 is 18.0 Å². The van der Waals surface area contributed by atoms with Crippen molar-refractivity contribution in [2.75, 3.05) is 0 Å². The van der Waals surface area contributed by atoms with Crippen molar-refractivity contribution in [3.05, 3.63) is 29.3 Å². The molecule has 0 saturated carbocycles. The maximum Gasteiger partial charge on any atom is 0.124 e. The number of rotatable bonds is 2. The van der Waals surface area contributed by atoms with Crippen molar-refractivity contribution in [2.24, 2.45) is 0 Å². The molecule has 2 heteroatoms. The van der Waals surface area contributed by atoms with Crippen LogP contribution in [0.25, 0.3) is 0 Å². The number of hydrogen-bond acceptors (Lipinski definition) is 2. The Morgan fingerprint density at radius 2 is 2.46 bits per heavy atom. The fraction of sp³-hybridized carbons (Fsp3) is 0.364. The zero-order valence-electron chi connectivity index (χ0n) is 7.62. The first-order valence-corrected chi connectivity index (χ1v) is 5.39. The van der Waals surface area contributed by atoms with Crippen LogP contribution in [-0.4, -0.2) is 11.5 Å². The third-order valence-electron chi connectivity index (χ3n) is 2.28. The molecule has 1 nitrogen and oxygen atoms in total. The summed E-state index contributed by atoms with van der Waals surface area (Å²) in [5, 5.41) is 0.696. The summed E-state index contributed by atoms with van der Waals surface area (Å²) in [6.45, 7) is 2.24. The Balaban J connectivity index is 2.29. The number of carbonyl (C=O) groups excluding carboxylic acids is 1. The Morgan fingerprint density at radius 3 is 3.23 bits per heavy atom. The van der Waals surface area contributed by atoms with Gasteiger partial charge in [-0.1, -0.05) is 19.1 Å². The Labute approximate surface area is 82.5 Å². The Bertz CT molecular complexity index is 333. The van der Waals surface area contributed by atoms with Gasteiger partial charge >= 0.3 is 0 Å². The summed E-state index contributed by atoms with van der Waals surface area (Å²) in [4.78, 5) is 11.7. The van der Waals surface area contributed by atoms with Gasteiger partial charge in [-0.15, -0.1) is 11.8 Å². The van der Waals surface area contributed by atoms with Crippen LogP contribution in [0.1, 0.15) is 18.1 Å². The predicted molar refractivity (Wildman–Crippen MR) is 55.2 cm³/mol. The van der Waals surface area contributed by atoms with E-state index in [-0.39, 0.29) is 0 Å². The molecule has 1 aliphatic heterocycles. The normalized spacial score (nSPS) is 19.9. The molecular weight excluding hydrogens is 180 g/mol. The molecule has 0 N–H and O–H groups in total. The number of carbonyl (C=O) groups is 1. The zero-order chi connectivity index (χ0) is 9.26. The molecule has 0 radical (unpaired) electrons. The fourth-order valence-electron chi connectivity index (χ4n) is 1.70. The van der Waals surface area contributed by atoms with E-state index in [1.54, 1.807) is 0 Å². The van der Waals surface area contributed by atoms with E-state index in [1.807, 2.05) is 11.8 Å². The average Bonchev–Trinajstić information content (AvgIpc) is 2.44. The van der Waals surface area contributed by atoms with Gasteiger partial charge in [-0.2, -0.15) is 0 Å². The molecule has 0 spiro atoms. The smallest absolute Gasteiger partial charge is 0.124 e. The van der Waals surface area contributed by atoms with Crippen molar-refractivity contribution in [1.82, 2.24) is 0 Å². The highest BCUT2D eigenvalue weighted by Gasteiger charge is 2.17. The zero-order valence-corrected chi connectivity index (χ0v) is 8.43. The molecule has 0 saturated heterocycles. The lowest BCUT2D eigenvalue weighted by atomic mass is 10.1. The maximum atomic E-state index is 10.3. The van der Waals surface area contributed by atoms with Gasteiger partial charge in [0.25, 0.3) is 0 Å². The standard InChI is InChI=1S/C11H12OS/c1-8-6-10-7-9(4-5-12)2-3-11(10)13-8/h2-3,5,7-8H,4,6H2,1H3. The molecular formula is C11H12OS. The van der Waals surface area contributed by atoms with E-state index in [1.165, 1.54) is 10.5 Å². The number of aldehydes is 1. The quantitative estimate of drug-likeness (QED) is 0.670. The number of hydrogen-bond donors (Lipinski definition) is 0. The molecule has 1 atom stereocenters. The summed E-state index contributed by atoms with van der Waals surface area (Å²) in [5.74, 6) is 0. The van der Waals surface area contributed by atoms with Crippen LogP contribution in [0.5, 0.6) is 0 Å². The van der Waals surface area contributed by atoms with E-state index in [0.29, 0.717) is 11.7 Å². The summed E-state index contributed by atoms with van der Waals surface area (Å²) < 4.78 is 0. The van der Waals surface area contributed by atoms with Gasteiger partial charge in [-0.05, 0) is 23.6 Å². The molecule has 13 heavy (non-hydrogen) atoms. The van der Waals surface area contributed by atoms with E-state index < -0.39 is 0 Å². The minimum absolute atomic E-state index is 0.548. The van der Waals surface area contributed by atoms with Crippen LogP contribution in [0.3, 0.4) is 0 Å². The lowest BCUT2D eigenvalue weighted by molar-refractivity contribution is -0.107. The predicted octanol–water partition coefficient (Wildman–Crippen LogP) is 2.46. The highest BCUT2D eigenvalue weighted by atomic mass is 32.2. The van der Waals surface area contributed by atoms with E-state index >= 15 is 0 Å². The number of benzene rings is 1. The van der Waals surface area contributed by atoms with Gasteiger partial charge < -0.3 is 4.79 Å². The van der Waals surface area contributed by atoms with Crippen molar-refractivity contribution in [2.45, 2.75) is 29.9 Å². The molecule has 0 amide bonds. The van der Waals surface area contributed by atoms with Gasteiger partial charge in [-0.25, -0.2) is 0 Å². The summed E-state index contributed by atoms with van der Waals surface area (Å²) >= 11 is 1.93. The van der Waals surface area contributed by atoms with Crippen LogP contribution in [0.2, 0.25) is 0 Å². The first kappa shape index (κ1) is 8.82. The second-order valence-corrected chi connectivity index (χ2v) is 4.93. The third kappa shape index (κ3) is 1.78. The highest BCUT2D eigenvalue weighted by Crippen LogP contribution is 2.36.